The SMILES string of the molecule is CC1(C)OC(=O)C(=Cc2ccccc2COCC2CC2)C(=O)O1. The average molecular weight is 316 g/mol. The molecule has 5 heteroatoms. The van der Waals surface area contributed by atoms with Crippen LogP contribution in [0, 0.1) is 5.92 Å². The van der Waals surface area contributed by atoms with Gasteiger partial charge in [0.15, 0.2) is 0 Å². The lowest BCUT2D eigenvalue weighted by molar-refractivity contribution is -0.222. The molecular weight excluding hydrogens is 296 g/mol. The van der Waals surface area contributed by atoms with Gasteiger partial charge in [0.05, 0.1) is 6.61 Å². The molecule has 0 bridgehead atoms. The summed E-state index contributed by atoms with van der Waals surface area (Å²) in [6, 6.07) is 7.50. The van der Waals surface area contributed by atoms with Gasteiger partial charge in [0.25, 0.3) is 5.79 Å². The molecule has 2 aliphatic rings. The first kappa shape index (κ1) is 15.7. The summed E-state index contributed by atoms with van der Waals surface area (Å²) in [5.74, 6) is -1.87. The van der Waals surface area contributed by atoms with Crippen LogP contribution in [0.3, 0.4) is 0 Å². The highest BCUT2D eigenvalue weighted by Gasteiger charge is 2.38. The summed E-state index contributed by atoms with van der Waals surface area (Å²) in [7, 11) is 0. The molecule has 122 valence electrons. The van der Waals surface area contributed by atoms with E-state index >= 15 is 0 Å². The first-order valence-corrected chi connectivity index (χ1v) is 7.79. The summed E-state index contributed by atoms with van der Waals surface area (Å²) in [5.41, 5.74) is 1.58. The van der Waals surface area contributed by atoms with E-state index in [4.69, 9.17) is 14.2 Å². The highest BCUT2D eigenvalue weighted by Crippen LogP contribution is 2.29. The van der Waals surface area contributed by atoms with E-state index in [-0.39, 0.29) is 5.57 Å². The molecule has 1 aromatic carbocycles. The van der Waals surface area contributed by atoms with Gasteiger partial charge in [-0.1, -0.05) is 24.3 Å². The number of rotatable bonds is 5. The molecule has 0 unspecified atom stereocenters. The summed E-state index contributed by atoms with van der Waals surface area (Å²) in [6.45, 7) is 4.26. The van der Waals surface area contributed by atoms with Crippen molar-refractivity contribution in [1.29, 1.82) is 0 Å². The third kappa shape index (κ3) is 3.99. The number of benzene rings is 1. The van der Waals surface area contributed by atoms with Crippen LogP contribution in [0.1, 0.15) is 37.8 Å². The maximum absolute atomic E-state index is 12.0. The van der Waals surface area contributed by atoms with E-state index in [0.29, 0.717) is 12.5 Å². The molecule has 23 heavy (non-hydrogen) atoms. The Balaban J connectivity index is 1.78. The summed E-state index contributed by atoms with van der Waals surface area (Å²) < 4.78 is 15.9. The van der Waals surface area contributed by atoms with Crippen LogP contribution in [0.4, 0.5) is 0 Å². The molecule has 3 rings (SSSR count). The van der Waals surface area contributed by atoms with Gasteiger partial charge < -0.3 is 14.2 Å². The van der Waals surface area contributed by atoms with Crippen LogP contribution in [-0.2, 0) is 30.4 Å². The van der Waals surface area contributed by atoms with Gasteiger partial charge in [-0.2, -0.15) is 0 Å². The molecule has 2 fully saturated rings. The normalized spacial score (nSPS) is 20.0. The smallest absolute Gasteiger partial charge is 0.348 e. The van der Waals surface area contributed by atoms with Crippen LogP contribution < -0.4 is 0 Å². The van der Waals surface area contributed by atoms with Gasteiger partial charge in [0.1, 0.15) is 5.57 Å². The monoisotopic (exact) mass is 316 g/mol. The molecule has 1 aromatic rings. The zero-order valence-electron chi connectivity index (χ0n) is 13.3. The third-order valence-corrected chi connectivity index (χ3v) is 3.78. The minimum atomic E-state index is -1.22. The molecule has 0 aromatic heterocycles. The molecule has 1 aliphatic carbocycles. The lowest BCUT2D eigenvalue weighted by Crippen LogP contribution is -2.41. The zero-order valence-corrected chi connectivity index (χ0v) is 13.3. The lowest BCUT2D eigenvalue weighted by Gasteiger charge is -2.29. The number of hydrogen-bond acceptors (Lipinski definition) is 5. The third-order valence-electron chi connectivity index (χ3n) is 3.78. The van der Waals surface area contributed by atoms with Crippen LogP contribution in [0.15, 0.2) is 29.8 Å². The van der Waals surface area contributed by atoms with Crippen molar-refractivity contribution in [3.63, 3.8) is 0 Å². The molecule has 5 nitrogen and oxygen atoms in total. The predicted molar refractivity (Wildman–Crippen MR) is 83.1 cm³/mol. The zero-order chi connectivity index (χ0) is 16.4. The summed E-state index contributed by atoms with van der Waals surface area (Å²) >= 11 is 0. The number of cyclic esters (lactones) is 2. The largest absolute Gasteiger partial charge is 0.419 e. The summed E-state index contributed by atoms with van der Waals surface area (Å²) in [5, 5.41) is 0. The quantitative estimate of drug-likeness (QED) is 0.475. The number of carbonyl (C=O) groups excluding carboxylic acids is 2. The fraction of sp³-hybridized carbons (Fsp3) is 0.444. The topological polar surface area (TPSA) is 61.8 Å². The van der Waals surface area contributed by atoms with E-state index in [1.165, 1.54) is 32.8 Å². The van der Waals surface area contributed by atoms with Gasteiger partial charge in [-0.15, -0.1) is 0 Å². The first-order valence-electron chi connectivity index (χ1n) is 7.79. The van der Waals surface area contributed by atoms with Gasteiger partial charge >= 0.3 is 11.9 Å². The maximum atomic E-state index is 12.0. The number of ether oxygens (including phenoxy) is 3. The minimum Gasteiger partial charge on any atom is -0.419 e. The maximum Gasteiger partial charge on any atom is 0.348 e. The van der Waals surface area contributed by atoms with Gasteiger partial charge in [0.2, 0.25) is 0 Å². The molecule has 1 heterocycles. The Hall–Kier alpha value is -2.14. The predicted octanol–water partition coefficient (Wildman–Crippen LogP) is 2.83. The minimum absolute atomic E-state index is 0.0982. The van der Waals surface area contributed by atoms with Gasteiger partial charge in [-0.3, -0.25) is 0 Å². The number of carbonyl (C=O) groups is 2. The van der Waals surface area contributed by atoms with Crippen molar-refractivity contribution in [1.82, 2.24) is 0 Å². The van der Waals surface area contributed by atoms with Crippen molar-refractivity contribution in [3.05, 3.63) is 41.0 Å². The van der Waals surface area contributed by atoms with E-state index < -0.39 is 17.7 Å². The Morgan fingerprint density at radius 2 is 1.83 bits per heavy atom. The van der Waals surface area contributed by atoms with E-state index in [1.54, 1.807) is 0 Å². The number of esters is 2. The van der Waals surface area contributed by atoms with Crippen LogP contribution in [0.25, 0.3) is 6.08 Å². The lowest BCUT2D eigenvalue weighted by atomic mass is 10.0. The van der Waals surface area contributed by atoms with Crippen molar-refractivity contribution in [2.24, 2.45) is 5.92 Å². The molecule has 1 saturated carbocycles. The molecule has 0 spiro atoms. The van der Waals surface area contributed by atoms with Crippen LogP contribution in [0.2, 0.25) is 0 Å². The van der Waals surface area contributed by atoms with Crippen LogP contribution in [0.5, 0.6) is 0 Å². The average Bonchev–Trinajstić information content (AvgIpc) is 3.27. The molecule has 0 atom stereocenters. The second kappa shape index (κ2) is 6.16. The number of hydrogen-bond donors (Lipinski definition) is 0. The van der Waals surface area contributed by atoms with Crippen LogP contribution in [-0.4, -0.2) is 24.3 Å². The molecule has 1 aliphatic heterocycles. The van der Waals surface area contributed by atoms with E-state index in [9.17, 15) is 9.59 Å². The van der Waals surface area contributed by atoms with E-state index in [0.717, 1.165) is 17.7 Å². The molecule has 0 amide bonds. The summed E-state index contributed by atoms with van der Waals surface area (Å²) in [4.78, 5) is 24.1. The van der Waals surface area contributed by atoms with Gasteiger partial charge in [-0.05, 0) is 36.0 Å². The summed E-state index contributed by atoms with van der Waals surface area (Å²) in [6.07, 6.45) is 3.98. The van der Waals surface area contributed by atoms with Crippen LogP contribution >= 0.6 is 0 Å². The van der Waals surface area contributed by atoms with Crippen molar-refractivity contribution >= 4 is 18.0 Å². The van der Waals surface area contributed by atoms with E-state index in [1.807, 2.05) is 24.3 Å². The Labute approximate surface area is 135 Å². The Bertz CT molecular complexity index is 633. The van der Waals surface area contributed by atoms with Gasteiger partial charge in [-0.25, -0.2) is 9.59 Å². The van der Waals surface area contributed by atoms with Gasteiger partial charge in [0, 0.05) is 20.5 Å². The van der Waals surface area contributed by atoms with Crippen molar-refractivity contribution in [3.8, 4) is 0 Å². The first-order chi connectivity index (χ1) is 10.9. The highest BCUT2D eigenvalue weighted by atomic mass is 16.7. The van der Waals surface area contributed by atoms with E-state index in [2.05, 4.69) is 0 Å². The molecule has 0 N–H and O–H groups in total. The fourth-order valence-electron chi connectivity index (χ4n) is 2.36. The second-order valence-electron chi connectivity index (χ2n) is 6.39. The molecule has 0 radical (unpaired) electrons. The highest BCUT2D eigenvalue weighted by molar-refractivity contribution is 6.18. The Morgan fingerprint density at radius 1 is 1.17 bits per heavy atom. The van der Waals surface area contributed by atoms with Crippen molar-refractivity contribution in [2.45, 2.75) is 39.1 Å². The van der Waals surface area contributed by atoms with Crippen molar-refractivity contribution in [2.75, 3.05) is 6.61 Å². The Kier molecular flexibility index (Phi) is 4.22. The molecular formula is C18H20O5. The standard InChI is InChI=1S/C18H20O5/c1-18(2)22-16(19)15(17(20)23-18)9-13-5-3-4-6-14(13)11-21-10-12-7-8-12/h3-6,9,12H,7-8,10-11H2,1-2H3. The molecule has 1 saturated heterocycles. The Morgan fingerprint density at radius 3 is 2.48 bits per heavy atom. The fourth-order valence-corrected chi connectivity index (χ4v) is 2.36. The second-order valence-corrected chi connectivity index (χ2v) is 6.39. The van der Waals surface area contributed by atoms with Crippen molar-refractivity contribution < 1.29 is 23.8 Å².